The van der Waals surface area contributed by atoms with E-state index in [2.05, 4.69) is 5.32 Å². The van der Waals surface area contributed by atoms with Crippen molar-refractivity contribution in [2.75, 3.05) is 6.54 Å². The molecule has 0 atom stereocenters. The highest BCUT2D eigenvalue weighted by atomic mass is 35.5. The number of hydrogen-bond donors (Lipinski definition) is 1. The standard InChI is InChI=1S/C19H24ClNO/c20-17-3-1-13(2-4-17)5-6-21-18(22)19-10-14-7-15(11-19)9-16(8-14)12-19/h1-4,14-16H,5-12H2,(H,21,22). The van der Waals surface area contributed by atoms with Crippen LogP contribution in [0.25, 0.3) is 0 Å². The number of amides is 1. The SMILES string of the molecule is O=C(NCCc1ccc(Cl)cc1)C12CC3CC(CC(C3)C1)C2. The van der Waals surface area contributed by atoms with E-state index < -0.39 is 0 Å². The van der Waals surface area contributed by atoms with Gasteiger partial charge in [0, 0.05) is 17.0 Å². The first-order chi connectivity index (χ1) is 10.6. The molecule has 4 fully saturated rings. The highest BCUT2D eigenvalue weighted by Gasteiger charge is 2.54. The maximum atomic E-state index is 12.8. The fourth-order valence-corrected chi connectivity index (χ4v) is 5.67. The molecule has 1 N–H and O–H groups in total. The molecule has 0 spiro atoms. The molecule has 1 aromatic rings. The summed E-state index contributed by atoms with van der Waals surface area (Å²) in [4.78, 5) is 12.8. The molecule has 3 heteroatoms. The van der Waals surface area contributed by atoms with Crippen LogP contribution >= 0.6 is 11.6 Å². The van der Waals surface area contributed by atoms with Crippen molar-refractivity contribution in [1.82, 2.24) is 5.32 Å². The van der Waals surface area contributed by atoms with Crippen LogP contribution in [-0.4, -0.2) is 12.5 Å². The van der Waals surface area contributed by atoms with Crippen molar-refractivity contribution < 1.29 is 4.79 Å². The summed E-state index contributed by atoms with van der Waals surface area (Å²) in [7, 11) is 0. The molecule has 0 radical (unpaired) electrons. The molecule has 4 aliphatic rings. The summed E-state index contributed by atoms with van der Waals surface area (Å²) >= 11 is 5.90. The molecule has 2 nitrogen and oxygen atoms in total. The Labute approximate surface area is 137 Å². The largest absolute Gasteiger partial charge is 0.355 e. The maximum Gasteiger partial charge on any atom is 0.226 e. The zero-order valence-electron chi connectivity index (χ0n) is 13.0. The van der Waals surface area contributed by atoms with E-state index in [-0.39, 0.29) is 5.41 Å². The fraction of sp³-hybridized carbons (Fsp3) is 0.632. The molecule has 118 valence electrons. The molecule has 4 saturated carbocycles. The van der Waals surface area contributed by atoms with Crippen LogP contribution in [0.15, 0.2) is 24.3 Å². The molecule has 22 heavy (non-hydrogen) atoms. The van der Waals surface area contributed by atoms with Crippen LogP contribution in [0.2, 0.25) is 5.02 Å². The normalized spacial score (nSPS) is 35.6. The van der Waals surface area contributed by atoms with Gasteiger partial charge in [-0.05, 0) is 80.4 Å². The third kappa shape index (κ3) is 2.67. The average Bonchev–Trinajstić information content (AvgIpc) is 2.48. The number of carbonyl (C=O) groups is 1. The molecule has 0 saturated heterocycles. The van der Waals surface area contributed by atoms with Gasteiger partial charge in [0.1, 0.15) is 0 Å². The monoisotopic (exact) mass is 317 g/mol. The van der Waals surface area contributed by atoms with Gasteiger partial charge in [0.05, 0.1) is 0 Å². The van der Waals surface area contributed by atoms with Crippen LogP contribution in [0.1, 0.15) is 44.1 Å². The summed E-state index contributed by atoms with van der Waals surface area (Å²) in [6.07, 6.45) is 8.48. The van der Waals surface area contributed by atoms with E-state index in [0.717, 1.165) is 55.0 Å². The van der Waals surface area contributed by atoms with Crippen LogP contribution in [0, 0.1) is 23.2 Å². The van der Waals surface area contributed by atoms with Crippen molar-refractivity contribution in [1.29, 1.82) is 0 Å². The Hall–Kier alpha value is -1.02. The second kappa shape index (κ2) is 5.56. The van der Waals surface area contributed by atoms with Crippen LogP contribution in [0.3, 0.4) is 0 Å². The van der Waals surface area contributed by atoms with E-state index in [0.29, 0.717) is 5.91 Å². The van der Waals surface area contributed by atoms with Gasteiger partial charge in [0.2, 0.25) is 5.91 Å². The molecule has 1 aromatic carbocycles. The summed E-state index contributed by atoms with van der Waals surface area (Å²) < 4.78 is 0. The topological polar surface area (TPSA) is 29.1 Å². The van der Waals surface area contributed by atoms with Crippen LogP contribution < -0.4 is 5.32 Å². The van der Waals surface area contributed by atoms with Crippen LogP contribution in [-0.2, 0) is 11.2 Å². The molecule has 0 unspecified atom stereocenters. The van der Waals surface area contributed by atoms with E-state index in [1.54, 1.807) is 0 Å². The Balaban J connectivity index is 1.35. The first kappa shape index (κ1) is 14.6. The predicted molar refractivity (Wildman–Crippen MR) is 88.8 cm³/mol. The lowest BCUT2D eigenvalue weighted by atomic mass is 9.49. The average molecular weight is 318 g/mol. The fourth-order valence-electron chi connectivity index (χ4n) is 5.55. The van der Waals surface area contributed by atoms with Gasteiger partial charge < -0.3 is 5.32 Å². The Kier molecular flexibility index (Phi) is 3.68. The number of hydrogen-bond acceptors (Lipinski definition) is 1. The first-order valence-corrected chi connectivity index (χ1v) is 9.03. The number of nitrogens with one attached hydrogen (secondary N) is 1. The van der Waals surface area contributed by atoms with Crippen molar-refractivity contribution in [3.8, 4) is 0 Å². The van der Waals surface area contributed by atoms with Gasteiger partial charge in [-0.2, -0.15) is 0 Å². The smallest absolute Gasteiger partial charge is 0.226 e. The van der Waals surface area contributed by atoms with Gasteiger partial charge in [0.15, 0.2) is 0 Å². The van der Waals surface area contributed by atoms with E-state index in [9.17, 15) is 4.79 Å². The van der Waals surface area contributed by atoms with Gasteiger partial charge in [0.25, 0.3) is 0 Å². The van der Waals surface area contributed by atoms with Gasteiger partial charge >= 0.3 is 0 Å². The van der Waals surface area contributed by atoms with Crippen LogP contribution in [0.4, 0.5) is 0 Å². The number of benzene rings is 1. The predicted octanol–water partition coefficient (Wildman–Crippen LogP) is 4.22. The van der Waals surface area contributed by atoms with E-state index in [1.807, 2.05) is 24.3 Å². The minimum absolute atomic E-state index is 0.0191. The Morgan fingerprint density at radius 3 is 2.14 bits per heavy atom. The second-order valence-electron chi connectivity index (χ2n) is 7.83. The minimum Gasteiger partial charge on any atom is -0.355 e. The molecular formula is C19H24ClNO. The zero-order chi connectivity index (χ0) is 15.2. The second-order valence-corrected chi connectivity index (χ2v) is 8.27. The summed E-state index contributed by atoms with van der Waals surface area (Å²) in [5, 5.41) is 4.00. The van der Waals surface area contributed by atoms with E-state index >= 15 is 0 Å². The number of halogens is 1. The lowest BCUT2D eigenvalue weighted by molar-refractivity contribution is -0.146. The first-order valence-electron chi connectivity index (χ1n) is 8.66. The lowest BCUT2D eigenvalue weighted by Gasteiger charge is -2.55. The lowest BCUT2D eigenvalue weighted by Crippen LogP contribution is -2.53. The molecule has 0 aliphatic heterocycles. The van der Waals surface area contributed by atoms with Crippen LogP contribution in [0.5, 0.6) is 0 Å². The van der Waals surface area contributed by atoms with Gasteiger partial charge in [-0.1, -0.05) is 23.7 Å². The highest BCUT2D eigenvalue weighted by molar-refractivity contribution is 6.30. The van der Waals surface area contributed by atoms with Crippen molar-refractivity contribution in [2.24, 2.45) is 23.2 Å². The third-order valence-corrected chi connectivity index (χ3v) is 6.38. The van der Waals surface area contributed by atoms with Crippen molar-refractivity contribution in [3.05, 3.63) is 34.9 Å². The third-order valence-electron chi connectivity index (χ3n) is 6.13. The van der Waals surface area contributed by atoms with Crippen molar-refractivity contribution in [2.45, 2.75) is 44.9 Å². The van der Waals surface area contributed by atoms with Crippen molar-refractivity contribution >= 4 is 17.5 Å². The van der Waals surface area contributed by atoms with Gasteiger partial charge in [-0.3, -0.25) is 4.79 Å². The maximum absolute atomic E-state index is 12.8. The molecule has 4 bridgehead atoms. The molecule has 4 aliphatic carbocycles. The Bertz CT molecular complexity index is 530. The quantitative estimate of drug-likeness (QED) is 0.885. The molecule has 0 heterocycles. The summed E-state index contributed by atoms with van der Waals surface area (Å²) in [6, 6.07) is 7.91. The Morgan fingerprint density at radius 2 is 1.59 bits per heavy atom. The molecule has 5 rings (SSSR count). The van der Waals surface area contributed by atoms with E-state index in [1.165, 1.54) is 24.8 Å². The number of carbonyl (C=O) groups excluding carboxylic acids is 1. The summed E-state index contributed by atoms with van der Waals surface area (Å²) in [6.45, 7) is 0.738. The number of rotatable bonds is 4. The minimum atomic E-state index is -0.0191. The van der Waals surface area contributed by atoms with Gasteiger partial charge in [-0.25, -0.2) is 0 Å². The molecular weight excluding hydrogens is 294 g/mol. The van der Waals surface area contributed by atoms with Crippen molar-refractivity contribution in [3.63, 3.8) is 0 Å². The summed E-state index contributed by atoms with van der Waals surface area (Å²) in [5.41, 5.74) is 1.21. The van der Waals surface area contributed by atoms with E-state index in [4.69, 9.17) is 11.6 Å². The highest BCUT2D eigenvalue weighted by Crippen LogP contribution is 2.60. The molecule has 1 amide bonds. The van der Waals surface area contributed by atoms with Gasteiger partial charge in [-0.15, -0.1) is 0 Å². The molecule has 0 aromatic heterocycles. The summed E-state index contributed by atoms with van der Waals surface area (Å²) in [5.74, 6) is 2.82. The Morgan fingerprint density at radius 1 is 1.05 bits per heavy atom. The zero-order valence-corrected chi connectivity index (χ0v) is 13.7.